The Balaban J connectivity index is 1.93. The van der Waals surface area contributed by atoms with Crippen molar-refractivity contribution in [2.24, 2.45) is 0 Å². The number of hydrogen-bond acceptors (Lipinski definition) is 7. The number of anilines is 1. The van der Waals surface area contributed by atoms with Crippen molar-refractivity contribution in [3.05, 3.63) is 47.2 Å². The van der Waals surface area contributed by atoms with Crippen molar-refractivity contribution in [2.75, 3.05) is 26.6 Å². The van der Waals surface area contributed by atoms with Gasteiger partial charge in [0.15, 0.2) is 11.5 Å². The third-order valence-electron chi connectivity index (χ3n) is 3.74. The summed E-state index contributed by atoms with van der Waals surface area (Å²) in [5.41, 5.74) is 1.36. The van der Waals surface area contributed by atoms with Crippen molar-refractivity contribution in [2.45, 2.75) is 0 Å². The number of halogens is 1. The van der Waals surface area contributed by atoms with Crippen molar-refractivity contribution in [3.63, 3.8) is 0 Å². The van der Waals surface area contributed by atoms with Crippen LogP contribution in [0, 0.1) is 0 Å². The Morgan fingerprint density at radius 1 is 1.07 bits per heavy atom. The molecule has 0 saturated carbocycles. The summed E-state index contributed by atoms with van der Waals surface area (Å²) in [5.74, 6) is 0.742. The second kappa shape index (κ2) is 7.92. The number of benzene rings is 2. The van der Waals surface area contributed by atoms with E-state index in [0.717, 1.165) is 0 Å². The van der Waals surface area contributed by atoms with Gasteiger partial charge in [-0.1, -0.05) is 11.6 Å². The van der Waals surface area contributed by atoms with E-state index < -0.39 is 5.91 Å². The highest BCUT2D eigenvalue weighted by Crippen LogP contribution is 2.38. The van der Waals surface area contributed by atoms with Gasteiger partial charge in [0.1, 0.15) is 6.33 Å². The highest BCUT2D eigenvalue weighted by molar-refractivity contribution is 6.34. The number of hydrogen-bond donors (Lipinski definition) is 1. The highest BCUT2D eigenvalue weighted by atomic mass is 35.5. The number of methoxy groups -OCH3 is 3. The van der Waals surface area contributed by atoms with Crippen LogP contribution in [0.3, 0.4) is 0 Å². The lowest BCUT2D eigenvalue weighted by atomic mass is 10.1. The molecular formula is C17H16ClN5O4. The number of nitrogens with one attached hydrogen (secondary N) is 1. The van der Waals surface area contributed by atoms with E-state index >= 15 is 0 Å². The number of carbonyl (C=O) groups is 1. The first-order chi connectivity index (χ1) is 13.1. The van der Waals surface area contributed by atoms with Crippen LogP contribution in [0.4, 0.5) is 5.69 Å². The first kappa shape index (κ1) is 18.5. The molecule has 0 aliphatic heterocycles. The van der Waals surface area contributed by atoms with E-state index in [9.17, 15) is 4.79 Å². The van der Waals surface area contributed by atoms with Gasteiger partial charge in [0.05, 0.1) is 37.7 Å². The molecule has 1 N–H and O–H groups in total. The van der Waals surface area contributed by atoms with Crippen LogP contribution in [0.15, 0.2) is 36.7 Å². The van der Waals surface area contributed by atoms with E-state index in [1.54, 1.807) is 30.3 Å². The largest absolute Gasteiger partial charge is 0.493 e. The minimum Gasteiger partial charge on any atom is -0.493 e. The fourth-order valence-electron chi connectivity index (χ4n) is 2.44. The average Bonchev–Trinajstić information content (AvgIpc) is 3.23. The number of ether oxygens (including phenoxy) is 3. The maximum Gasteiger partial charge on any atom is 0.255 e. The number of rotatable bonds is 6. The molecule has 1 aromatic heterocycles. The number of carbonyl (C=O) groups excluding carboxylic acids is 1. The Kier molecular flexibility index (Phi) is 5.41. The fraction of sp³-hybridized carbons (Fsp3) is 0.176. The first-order valence-electron chi connectivity index (χ1n) is 7.71. The van der Waals surface area contributed by atoms with E-state index in [0.29, 0.717) is 39.2 Å². The van der Waals surface area contributed by atoms with Gasteiger partial charge in [0.25, 0.3) is 5.91 Å². The van der Waals surface area contributed by atoms with E-state index in [-0.39, 0.29) is 0 Å². The van der Waals surface area contributed by atoms with Gasteiger partial charge in [0, 0.05) is 5.56 Å². The molecule has 0 atom stereocenters. The zero-order valence-corrected chi connectivity index (χ0v) is 15.5. The number of aromatic nitrogens is 4. The van der Waals surface area contributed by atoms with Crippen LogP contribution in [-0.2, 0) is 0 Å². The minimum absolute atomic E-state index is 0.313. The highest BCUT2D eigenvalue weighted by Gasteiger charge is 2.18. The topological polar surface area (TPSA) is 100 Å². The predicted octanol–water partition coefficient (Wildman–Crippen LogP) is 2.59. The smallest absolute Gasteiger partial charge is 0.255 e. The Morgan fingerprint density at radius 3 is 2.33 bits per heavy atom. The lowest BCUT2D eigenvalue weighted by molar-refractivity contribution is 0.102. The summed E-state index contributed by atoms with van der Waals surface area (Å²) in [6, 6.07) is 8.14. The fourth-order valence-corrected chi connectivity index (χ4v) is 2.60. The van der Waals surface area contributed by atoms with Crippen molar-refractivity contribution in [1.29, 1.82) is 0 Å². The van der Waals surface area contributed by atoms with Crippen LogP contribution < -0.4 is 19.5 Å². The van der Waals surface area contributed by atoms with E-state index in [1.807, 2.05) is 0 Å². The van der Waals surface area contributed by atoms with Crippen LogP contribution in [0.25, 0.3) is 5.69 Å². The van der Waals surface area contributed by atoms with E-state index in [1.165, 1.54) is 32.3 Å². The molecule has 3 rings (SSSR count). The quantitative estimate of drug-likeness (QED) is 0.691. The molecule has 0 spiro atoms. The molecule has 0 bridgehead atoms. The Labute approximate surface area is 159 Å². The molecule has 2 aromatic carbocycles. The zero-order chi connectivity index (χ0) is 19.4. The van der Waals surface area contributed by atoms with Gasteiger partial charge < -0.3 is 19.5 Å². The van der Waals surface area contributed by atoms with Crippen LogP contribution in [0.5, 0.6) is 17.2 Å². The summed E-state index contributed by atoms with van der Waals surface area (Å²) in [5, 5.41) is 14.1. The molecule has 3 aromatic rings. The Hall–Kier alpha value is -3.33. The summed E-state index contributed by atoms with van der Waals surface area (Å²) >= 11 is 6.21. The van der Waals surface area contributed by atoms with E-state index in [4.69, 9.17) is 25.8 Å². The summed E-state index contributed by atoms with van der Waals surface area (Å²) in [6.45, 7) is 0. The van der Waals surface area contributed by atoms with Gasteiger partial charge in [-0.05, 0) is 40.8 Å². The number of amides is 1. The minimum atomic E-state index is -0.398. The van der Waals surface area contributed by atoms with Crippen LogP contribution in [0.2, 0.25) is 5.02 Å². The summed E-state index contributed by atoms with van der Waals surface area (Å²) in [4.78, 5) is 12.7. The van der Waals surface area contributed by atoms with Gasteiger partial charge >= 0.3 is 0 Å². The van der Waals surface area contributed by atoms with Crippen LogP contribution >= 0.6 is 11.6 Å². The van der Waals surface area contributed by atoms with Gasteiger partial charge in [-0.2, -0.15) is 0 Å². The Morgan fingerprint density at radius 2 is 1.78 bits per heavy atom. The lowest BCUT2D eigenvalue weighted by Crippen LogP contribution is -2.13. The molecule has 1 amide bonds. The summed E-state index contributed by atoms with van der Waals surface area (Å²) < 4.78 is 17.3. The van der Waals surface area contributed by atoms with Crippen molar-refractivity contribution in [1.82, 2.24) is 20.2 Å². The molecule has 1 heterocycles. The predicted molar refractivity (Wildman–Crippen MR) is 98.2 cm³/mol. The average molecular weight is 390 g/mol. The summed E-state index contributed by atoms with van der Waals surface area (Å²) in [7, 11) is 4.45. The molecule has 27 heavy (non-hydrogen) atoms. The molecule has 0 unspecified atom stereocenters. The molecular weight excluding hydrogens is 374 g/mol. The molecule has 140 valence electrons. The lowest BCUT2D eigenvalue weighted by Gasteiger charge is -2.14. The normalized spacial score (nSPS) is 10.4. The molecule has 0 aliphatic rings. The maximum absolute atomic E-state index is 12.7. The summed E-state index contributed by atoms with van der Waals surface area (Å²) in [6.07, 6.45) is 1.44. The molecule has 0 aliphatic carbocycles. The molecule has 0 radical (unpaired) electrons. The monoisotopic (exact) mass is 389 g/mol. The second-order valence-corrected chi connectivity index (χ2v) is 5.69. The number of tetrazole rings is 1. The van der Waals surface area contributed by atoms with Gasteiger partial charge in [-0.3, -0.25) is 4.79 Å². The molecule has 0 saturated heterocycles. The van der Waals surface area contributed by atoms with Crippen LogP contribution in [-0.4, -0.2) is 47.4 Å². The first-order valence-corrected chi connectivity index (χ1v) is 8.09. The van der Waals surface area contributed by atoms with Gasteiger partial charge in [-0.15, -0.1) is 5.10 Å². The SMILES string of the molecule is COc1cc(C(=O)Nc2cc(-n3cnnn3)ccc2Cl)cc(OC)c1OC. The molecule has 9 nitrogen and oxygen atoms in total. The Bertz CT molecular complexity index is 937. The van der Waals surface area contributed by atoms with Gasteiger partial charge in [0.2, 0.25) is 5.75 Å². The van der Waals surface area contributed by atoms with Gasteiger partial charge in [-0.25, -0.2) is 4.68 Å². The molecule has 10 heteroatoms. The van der Waals surface area contributed by atoms with Crippen LogP contribution in [0.1, 0.15) is 10.4 Å². The molecule has 0 fully saturated rings. The van der Waals surface area contributed by atoms with Crippen molar-refractivity contribution in [3.8, 4) is 22.9 Å². The maximum atomic E-state index is 12.7. The number of nitrogens with zero attached hydrogens (tertiary/aromatic N) is 4. The third kappa shape index (κ3) is 3.77. The third-order valence-corrected chi connectivity index (χ3v) is 4.07. The standard InChI is InChI=1S/C17H16ClN5O4/c1-25-14-6-10(7-15(26-2)16(14)27-3)17(24)20-13-8-11(4-5-12(13)18)23-9-19-21-22-23/h4-9H,1-3H3,(H,20,24). The van der Waals surface area contributed by atoms with Crippen molar-refractivity contribution < 1.29 is 19.0 Å². The van der Waals surface area contributed by atoms with Crippen molar-refractivity contribution >= 4 is 23.2 Å². The van der Waals surface area contributed by atoms with E-state index in [2.05, 4.69) is 20.8 Å². The zero-order valence-electron chi connectivity index (χ0n) is 14.8. The second-order valence-electron chi connectivity index (χ2n) is 5.29.